The van der Waals surface area contributed by atoms with E-state index in [1.54, 1.807) is 0 Å². The molecule has 1 unspecified atom stereocenters. The highest BCUT2D eigenvalue weighted by Crippen LogP contribution is 2.24. The quantitative estimate of drug-likeness (QED) is 0.714. The molecule has 1 aromatic heterocycles. The van der Waals surface area contributed by atoms with Crippen molar-refractivity contribution < 1.29 is 4.74 Å². The maximum Gasteiger partial charge on any atom is 0.219 e. The van der Waals surface area contributed by atoms with E-state index < -0.39 is 0 Å². The normalized spacial score (nSPS) is 13.0. The van der Waals surface area contributed by atoms with Gasteiger partial charge in [0.25, 0.3) is 0 Å². The van der Waals surface area contributed by atoms with Gasteiger partial charge in [0.2, 0.25) is 5.88 Å². The van der Waals surface area contributed by atoms with Gasteiger partial charge in [-0.1, -0.05) is 47.0 Å². The Labute approximate surface area is 129 Å². The zero-order valence-corrected chi connectivity index (χ0v) is 14.5. The van der Waals surface area contributed by atoms with Crippen molar-refractivity contribution >= 4 is 5.82 Å². The van der Waals surface area contributed by atoms with Crippen LogP contribution < -0.4 is 10.1 Å². The van der Waals surface area contributed by atoms with E-state index in [2.05, 4.69) is 49.9 Å². The van der Waals surface area contributed by atoms with Gasteiger partial charge in [0.05, 0.1) is 6.10 Å². The van der Waals surface area contributed by atoms with E-state index in [9.17, 15) is 0 Å². The van der Waals surface area contributed by atoms with E-state index >= 15 is 0 Å². The first-order valence-electron chi connectivity index (χ1n) is 8.10. The Hall–Kier alpha value is -1.32. The molecule has 0 saturated carbocycles. The number of hydrogen-bond acceptors (Lipinski definition) is 4. The van der Waals surface area contributed by atoms with Crippen LogP contribution in [0.2, 0.25) is 0 Å². The Morgan fingerprint density at radius 2 is 1.90 bits per heavy atom. The molecule has 1 aromatic rings. The average molecular weight is 293 g/mol. The second-order valence-corrected chi connectivity index (χ2v) is 6.69. The zero-order chi connectivity index (χ0) is 15.9. The SMILES string of the molecule is CCCCCCC(C)Oc1cc(NC)nc(C(C)(C)C)n1. The van der Waals surface area contributed by atoms with Gasteiger partial charge in [-0.15, -0.1) is 0 Å². The number of aromatic nitrogens is 2. The van der Waals surface area contributed by atoms with E-state index in [1.165, 1.54) is 25.7 Å². The summed E-state index contributed by atoms with van der Waals surface area (Å²) >= 11 is 0. The number of rotatable bonds is 8. The van der Waals surface area contributed by atoms with Gasteiger partial charge < -0.3 is 10.1 Å². The van der Waals surface area contributed by atoms with Crippen LogP contribution in [0.25, 0.3) is 0 Å². The lowest BCUT2D eigenvalue weighted by atomic mass is 9.96. The lowest BCUT2D eigenvalue weighted by molar-refractivity contribution is 0.196. The number of nitrogens with zero attached hydrogens (tertiary/aromatic N) is 2. The maximum absolute atomic E-state index is 5.98. The second-order valence-electron chi connectivity index (χ2n) is 6.69. The van der Waals surface area contributed by atoms with Gasteiger partial charge in [-0.25, -0.2) is 4.98 Å². The van der Waals surface area contributed by atoms with Gasteiger partial charge in [0.15, 0.2) is 0 Å². The van der Waals surface area contributed by atoms with Crippen LogP contribution in [0.4, 0.5) is 5.82 Å². The lowest BCUT2D eigenvalue weighted by Gasteiger charge is -2.20. The van der Waals surface area contributed by atoms with Crippen molar-refractivity contribution in [3.63, 3.8) is 0 Å². The molecule has 0 aliphatic heterocycles. The summed E-state index contributed by atoms with van der Waals surface area (Å²) in [7, 11) is 1.87. The molecule has 0 amide bonds. The number of unbranched alkanes of at least 4 members (excludes halogenated alkanes) is 3. The molecule has 0 radical (unpaired) electrons. The first kappa shape index (κ1) is 17.7. The van der Waals surface area contributed by atoms with Crippen molar-refractivity contribution in [1.82, 2.24) is 9.97 Å². The van der Waals surface area contributed by atoms with Crippen LogP contribution in [0, 0.1) is 0 Å². The molecule has 4 nitrogen and oxygen atoms in total. The average Bonchev–Trinajstić information content (AvgIpc) is 2.42. The van der Waals surface area contributed by atoms with E-state index in [1.807, 2.05) is 13.1 Å². The molecule has 1 N–H and O–H groups in total. The summed E-state index contributed by atoms with van der Waals surface area (Å²) in [6, 6.07) is 1.87. The molecule has 0 aliphatic rings. The third kappa shape index (κ3) is 6.32. The van der Waals surface area contributed by atoms with Gasteiger partial charge in [0.1, 0.15) is 11.6 Å². The predicted octanol–water partition coefficient (Wildman–Crippen LogP) is 4.55. The summed E-state index contributed by atoms with van der Waals surface area (Å²) in [5.41, 5.74) is -0.0880. The number of anilines is 1. The molecular weight excluding hydrogens is 262 g/mol. The number of nitrogens with one attached hydrogen (secondary N) is 1. The molecule has 0 bridgehead atoms. The Bertz CT molecular complexity index is 427. The molecule has 0 aliphatic carbocycles. The van der Waals surface area contributed by atoms with Gasteiger partial charge in [-0.3, -0.25) is 0 Å². The predicted molar refractivity (Wildman–Crippen MR) is 89.1 cm³/mol. The summed E-state index contributed by atoms with van der Waals surface area (Å²) in [5, 5.41) is 3.08. The molecule has 0 fully saturated rings. The van der Waals surface area contributed by atoms with E-state index in [4.69, 9.17) is 4.74 Å². The third-order valence-electron chi connectivity index (χ3n) is 3.42. The number of ether oxygens (including phenoxy) is 1. The summed E-state index contributed by atoms with van der Waals surface area (Å²) in [6.45, 7) is 10.7. The van der Waals surface area contributed by atoms with Gasteiger partial charge >= 0.3 is 0 Å². The second kappa shape index (κ2) is 8.20. The van der Waals surface area contributed by atoms with Crippen LogP contribution in [0.15, 0.2) is 6.07 Å². The summed E-state index contributed by atoms with van der Waals surface area (Å²) in [4.78, 5) is 9.08. The van der Waals surface area contributed by atoms with Gasteiger partial charge in [-0.05, 0) is 19.8 Å². The molecule has 1 rings (SSSR count). The minimum absolute atomic E-state index is 0.0880. The fourth-order valence-corrected chi connectivity index (χ4v) is 2.07. The van der Waals surface area contributed by atoms with Crippen molar-refractivity contribution in [1.29, 1.82) is 0 Å². The van der Waals surface area contributed by atoms with Crippen LogP contribution in [-0.4, -0.2) is 23.1 Å². The van der Waals surface area contributed by atoms with Gasteiger partial charge in [0, 0.05) is 18.5 Å². The highest BCUT2D eigenvalue weighted by atomic mass is 16.5. The largest absolute Gasteiger partial charge is 0.475 e. The first-order valence-corrected chi connectivity index (χ1v) is 8.10. The maximum atomic E-state index is 5.98. The lowest BCUT2D eigenvalue weighted by Crippen LogP contribution is -2.19. The Morgan fingerprint density at radius 3 is 2.48 bits per heavy atom. The molecule has 120 valence electrons. The third-order valence-corrected chi connectivity index (χ3v) is 3.42. The van der Waals surface area contributed by atoms with Crippen molar-refractivity contribution in [2.75, 3.05) is 12.4 Å². The minimum atomic E-state index is -0.0880. The Kier molecular flexibility index (Phi) is 6.93. The fraction of sp³-hybridized carbons (Fsp3) is 0.765. The van der Waals surface area contributed by atoms with Crippen LogP contribution >= 0.6 is 0 Å². The molecule has 1 atom stereocenters. The van der Waals surface area contributed by atoms with E-state index in [0.29, 0.717) is 5.88 Å². The molecular formula is C17H31N3O. The molecule has 0 aromatic carbocycles. The van der Waals surface area contributed by atoms with Crippen LogP contribution in [0.5, 0.6) is 5.88 Å². The first-order chi connectivity index (χ1) is 9.86. The zero-order valence-electron chi connectivity index (χ0n) is 14.5. The van der Waals surface area contributed by atoms with Crippen LogP contribution in [-0.2, 0) is 5.41 Å². The Morgan fingerprint density at radius 1 is 1.19 bits per heavy atom. The monoisotopic (exact) mass is 293 g/mol. The highest BCUT2D eigenvalue weighted by molar-refractivity contribution is 5.38. The van der Waals surface area contributed by atoms with Crippen molar-refractivity contribution in [3.8, 4) is 5.88 Å². The summed E-state index contributed by atoms with van der Waals surface area (Å²) in [6.07, 6.45) is 6.33. The van der Waals surface area contributed by atoms with Crippen molar-refractivity contribution in [2.24, 2.45) is 0 Å². The van der Waals surface area contributed by atoms with Crippen LogP contribution in [0.1, 0.15) is 72.5 Å². The van der Waals surface area contributed by atoms with Crippen LogP contribution in [0.3, 0.4) is 0 Å². The van der Waals surface area contributed by atoms with E-state index in [-0.39, 0.29) is 11.5 Å². The van der Waals surface area contributed by atoms with Crippen molar-refractivity contribution in [3.05, 3.63) is 11.9 Å². The molecule has 0 spiro atoms. The van der Waals surface area contributed by atoms with Gasteiger partial charge in [-0.2, -0.15) is 4.98 Å². The minimum Gasteiger partial charge on any atom is -0.475 e. The topological polar surface area (TPSA) is 47.0 Å². The summed E-state index contributed by atoms with van der Waals surface area (Å²) in [5.74, 6) is 2.29. The molecule has 21 heavy (non-hydrogen) atoms. The Balaban J connectivity index is 2.69. The summed E-state index contributed by atoms with van der Waals surface area (Å²) < 4.78 is 5.98. The smallest absolute Gasteiger partial charge is 0.219 e. The van der Waals surface area contributed by atoms with E-state index in [0.717, 1.165) is 18.1 Å². The fourth-order valence-electron chi connectivity index (χ4n) is 2.07. The highest BCUT2D eigenvalue weighted by Gasteiger charge is 2.20. The standard InChI is InChI=1S/C17H31N3O/c1-7-8-9-10-11-13(2)21-15-12-14(18-6)19-16(20-15)17(3,4)5/h12-13H,7-11H2,1-6H3,(H,18,19,20). The van der Waals surface area contributed by atoms with Crippen molar-refractivity contribution in [2.45, 2.75) is 78.2 Å². The number of hydrogen-bond donors (Lipinski definition) is 1. The molecule has 1 heterocycles. The molecule has 4 heteroatoms. The molecule has 0 saturated heterocycles.